The Morgan fingerprint density at radius 1 is 1.33 bits per heavy atom. The molecular formula is C13H15FN4. The number of nitrogens with one attached hydrogen (secondary N) is 1. The second-order valence-corrected chi connectivity index (χ2v) is 3.99. The highest BCUT2D eigenvalue weighted by Gasteiger charge is 2.07. The molecule has 2 aromatic rings. The number of hydrogen-bond donors (Lipinski definition) is 2. The number of nitrogens with two attached hydrogens (primary N) is 1. The van der Waals surface area contributed by atoms with Gasteiger partial charge in [0.2, 0.25) is 0 Å². The summed E-state index contributed by atoms with van der Waals surface area (Å²) in [7, 11) is 1.82. The fraction of sp³-hybridized carbons (Fsp3) is 0.154. The van der Waals surface area contributed by atoms with E-state index in [1.54, 1.807) is 35.4 Å². The van der Waals surface area contributed by atoms with Gasteiger partial charge in [-0.2, -0.15) is 0 Å². The second-order valence-electron chi connectivity index (χ2n) is 3.99. The van der Waals surface area contributed by atoms with Gasteiger partial charge in [-0.3, -0.25) is 10.8 Å². The zero-order valence-corrected chi connectivity index (χ0v) is 10.1. The molecule has 1 aromatic heterocycles. The molecule has 3 N–H and O–H groups in total. The van der Waals surface area contributed by atoms with Gasteiger partial charge in [-0.15, -0.1) is 0 Å². The Hall–Kier alpha value is -2.14. The van der Waals surface area contributed by atoms with Crippen LogP contribution in [0.4, 0.5) is 15.8 Å². The number of rotatable bonds is 4. The van der Waals surface area contributed by atoms with Crippen molar-refractivity contribution < 1.29 is 4.39 Å². The summed E-state index contributed by atoms with van der Waals surface area (Å²) in [5.74, 6) is 5.09. The molecule has 0 unspecified atom stereocenters. The van der Waals surface area contributed by atoms with Crippen LogP contribution in [0, 0.1) is 5.82 Å². The normalized spacial score (nSPS) is 10.2. The van der Waals surface area contributed by atoms with Crippen LogP contribution >= 0.6 is 0 Å². The quantitative estimate of drug-likeness (QED) is 0.641. The fourth-order valence-electron chi connectivity index (χ4n) is 1.74. The van der Waals surface area contributed by atoms with Crippen molar-refractivity contribution in [2.45, 2.75) is 6.54 Å². The van der Waals surface area contributed by atoms with Gasteiger partial charge >= 0.3 is 0 Å². The first-order valence-electron chi connectivity index (χ1n) is 5.58. The zero-order valence-electron chi connectivity index (χ0n) is 10.1. The number of nitrogen functional groups attached to an aromatic ring is 1. The molecule has 0 amide bonds. The van der Waals surface area contributed by atoms with E-state index < -0.39 is 0 Å². The topological polar surface area (TPSA) is 54.2 Å². The summed E-state index contributed by atoms with van der Waals surface area (Å²) < 4.78 is 13.6. The molecule has 0 aliphatic rings. The van der Waals surface area contributed by atoms with Gasteiger partial charge in [0.05, 0.1) is 23.6 Å². The highest BCUT2D eigenvalue weighted by Crippen LogP contribution is 2.19. The molecule has 94 valence electrons. The number of pyridine rings is 1. The van der Waals surface area contributed by atoms with E-state index in [-0.39, 0.29) is 5.82 Å². The number of para-hydroxylation sites is 1. The van der Waals surface area contributed by atoms with Gasteiger partial charge in [-0.25, -0.2) is 4.39 Å². The number of nitrogens with zero attached hydrogens (tertiary/aromatic N) is 2. The summed E-state index contributed by atoms with van der Waals surface area (Å²) in [5.41, 5.74) is 4.70. The first-order chi connectivity index (χ1) is 8.70. The predicted octanol–water partition coefficient (Wildman–Crippen LogP) is 2.14. The van der Waals surface area contributed by atoms with Crippen molar-refractivity contribution in [2.24, 2.45) is 5.84 Å². The molecular weight excluding hydrogens is 231 g/mol. The minimum atomic E-state index is -0.242. The van der Waals surface area contributed by atoms with Crippen LogP contribution in [-0.2, 0) is 6.54 Å². The lowest BCUT2D eigenvalue weighted by atomic mass is 10.2. The van der Waals surface area contributed by atoms with Crippen LogP contribution < -0.4 is 16.2 Å². The van der Waals surface area contributed by atoms with Crippen molar-refractivity contribution in [2.75, 3.05) is 17.4 Å². The van der Waals surface area contributed by atoms with E-state index in [1.807, 2.05) is 13.1 Å². The lowest BCUT2D eigenvalue weighted by Crippen LogP contribution is -2.18. The van der Waals surface area contributed by atoms with Crippen LogP contribution in [0.25, 0.3) is 0 Å². The van der Waals surface area contributed by atoms with Gasteiger partial charge in [0.25, 0.3) is 0 Å². The van der Waals surface area contributed by atoms with E-state index in [1.165, 1.54) is 6.07 Å². The van der Waals surface area contributed by atoms with E-state index >= 15 is 0 Å². The molecule has 1 aromatic carbocycles. The van der Waals surface area contributed by atoms with Crippen LogP contribution in [0.3, 0.4) is 0 Å². The predicted molar refractivity (Wildman–Crippen MR) is 70.6 cm³/mol. The number of halogens is 1. The summed E-state index contributed by atoms with van der Waals surface area (Å²) in [6.45, 7) is 0.510. The largest absolute Gasteiger partial charge is 0.366 e. The molecule has 5 heteroatoms. The lowest BCUT2D eigenvalue weighted by molar-refractivity contribution is 0.622. The molecule has 0 bridgehead atoms. The average molecular weight is 246 g/mol. The van der Waals surface area contributed by atoms with Crippen molar-refractivity contribution in [1.82, 2.24) is 4.98 Å². The Bertz CT molecular complexity index is 530. The van der Waals surface area contributed by atoms with E-state index in [2.05, 4.69) is 10.4 Å². The van der Waals surface area contributed by atoms with Gasteiger partial charge in [0, 0.05) is 13.2 Å². The fourth-order valence-corrected chi connectivity index (χ4v) is 1.74. The summed E-state index contributed by atoms with van der Waals surface area (Å²) in [4.78, 5) is 6.03. The molecule has 0 radical (unpaired) electrons. The molecule has 1 heterocycles. The highest BCUT2D eigenvalue weighted by atomic mass is 19.1. The van der Waals surface area contributed by atoms with Gasteiger partial charge in [0.1, 0.15) is 5.82 Å². The van der Waals surface area contributed by atoms with Crippen molar-refractivity contribution in [1.29, 1.82) is 0 Å². The third kappa shape index (κ3) is 2.75. The van der Waals surface area contributed by atoms with Crippen LogP contribution in [0.5, 0.6) is 0 Å². The number of hydrogen-bond acceptors (Lipinski definition) is 4. The molecule has 18 heavy (non-hydrogen) atoms. The second kappa shape index (κ2) is 5.46. The van der Waals surface area contributed by atoms with Crippen molar-refractivity contribution in [3.8, 4) is 0 Å². The van der Waals surface area contributed by atoms with Crippen molar-refractivity contribution in [3.05, 3.63) is 54.1 Å². The van der Waals surface area contributed by atoms with Gasteiger partial charge in [-0.05, 0) is 24.3 Å². The molecule has 0 spiro atoms. The molecule has 4 nitrogen and oxygen atoms in total. The number of anilines is 2. The van der Waals surface area contributed by atoms with Crippen molar-refractivity contribution >= 4 is 11.4 Å². The minimum Gasteiger partial charge on any atom is -0.366 e. The maximum Gasteiger partial charge on any atom is 0.146 e. The summed E-state index contributed by atoms with van der Waals surface area (Å²) in [6.07, 6.45) is 1.67. The van der Waals surface area contributed by atoms with E-state index in [4.69, 9.17) is 5.84 Å². The Kier molecular flexibility index (Phi) is 3.74. The Labute approximate surface area is 105 Å². The Morgan fingerprint density at radius 2 is 2.11 bits per heavy atom. The lowest BCUT2D eigenvalue weighted by Gasteiger charge is -2.19. The zero-order chi connectivity index (χ0) is 13.0. The minimum absolute atomic E-state index is 0.242. The maximum absolute atomic E-state index is 13.6. The molecule has 0 atom stereocenters. The average Bonchev–Trinajstić information content (AvgIpc) is 2.39. The first-order valence-corrected chi connectivity index (χ1v) is 5.58. The molecule has 0 saturated heterocycles. The standard InChI is InChI=1S/C13H15FN4/c1-18(13-5-3-2-4-12(13)14)9-11-8-10(17-15)6-7-16-11/h2-8H,9,15H2,1H3,(H,16,17). The van der Waals surface area contributed by atoms with Gasteiger partial charge < -0.3 is 10.3 Å². The van der Waals surface area contributed by atoms with Crippen LogP contribution in [0.15, 0.2) is 42.6 Å². The van der Waals surface area contributed by atoms with E-state index in [9.17, 15) is 4.39 Å². The first kappa shape index (κ1) is 12.3. The van der Waals surface area contributed by atoms with E-state index in [0.717, 1.165) is 11.4 Å². The smallest absolute Gasteiger partial charge is 0.146 e. The van der Waals surface area contributed by atoms with Gasteiger partial charge in [0.15, 0.2) is 0 Å². The van der Waals surface area contributed by atoms with Crippen molar-refractivity contribution in [3.63, 3.8) is 0 Å². The number of benzene rings is 1. The molecule has 0 fully saturated rings. The van der Waals surface area contributed by atoms with E-state index in [0.29, 0.717) is 12.2 Å². The SMILES string of the molecule is CN(Cc1cc(NN)ccn1)c1ccccc1F. The molecule has 0 aliphatic carbocycles. The third-order valence-corrected chi connectivity index (χ3v) is 2.65. The Morgan fingerprint density at radius 3 is 2.83 bits per heavy atom. The maximum atomic E-state index is 13.6. The number of aromatic nitrogens is 1. The summed E-state index contributed by atoms with van der Waals surface area (Å²) in [6, 6.07) is 10.3. The molecule has 0 aliphatic heterocycles. The third-order valence-electron chi connectivity index (χ3n) is 2.65. The summed E-state index contributed by atoms with van der Waals surface area (Å²) >= 11 is 0. The Balaban J connectivity index is 2.16. The monoisotopic (exact) mass is 246 g/mol. The van der Waals surface area contributed by atoms with Gasteiger partial charge in [-0.1, -0.05) is 12.1 Å². The van der Waals surface area contributed by atoms with Crippen LogP contribution in [0.1, 0.15) is 5.69 Å². The van der Waals surface area contributed by atoms with Crippen LogP contribution in [-0.4, -0.2) is 12.0 Å². The van der Waals surface area contributed by atoms with Crippen LogP contribution in [0.2, 0.25) is 0 Å². The summed E-state index contributed by atoms with van der Waals surface area (Å²) in [5, 5.41) is 0. The number of hydrazine groups is 1. The molecule has 0 saturated carbocycles. The highest BCUT2D eigenvalue weighted by molar-refractivity contribution is 5.48. The molecule has 2 rings (SSSR count).